The van der Waals surface area contributed by atoms with E-state index in [4.69, 9.17) is 4.74 Å². The molecule has 154 valence electrons. The molecule has 2 aromatic carbocycles. The summed E-state index contributed by atoms with van der Waals surface area (Å²) in [5.74, 6) is -1.39. The molecular formula is C21H23NO6S. The van der Waals surface area contributed by atoms with Gasteiger partial charge in [-0.05, 0) is 18.1 Å². The van der Waals surface area contributed by atoms with Crippen molar-refractivity contribution in [3.63, 3.8) is 0 Å². The van der Waals surface area contributed by atoms with E-state index >= 15 is 0 Å². The maximum absolute atomic E-state index is 12.4. The van der Waals surface area contributed by atoms with Crippen LogP contribution in [0.5, 0.6) is 5.75 Å². The van der Waals surface area contributed by atoms with Gasteiger partial charge >= 0.3 is 5.97 Å². The highest BCUT2D eigenvalue weighted by Gasteiger charge is 2.50. The standard InChI is InChI=1S/C21H23NO6S/c23-17-11-18-19(14-7-4-8-15(21(24)25)20(14)28-18)16(17)12-22-29(26,27)10-9-13-5-2-1-3-6-13/h1-8,16-19,22-23H,9-12H2,(H,24,25). The number of para-hydroxylation sites is 1. The summed E-state index contributed by atoms with van der Waals surface area (Å²) < 4.78 is 33.4. The molecule has 0 saturated heterocycles. The minimum Gasteiger partial charge on any atom is -0.488 e. The number of carbonyl (C=O) groups is 1. The van der Waals surface area contributed by atoms with Gasteiger partial charge in [0, 0.05) is 30.4 Å². The van der Waals surface area contributed by atoms with E-state index in [1.807, 2.05) is 30.3 Å². The average molecular weight is 417 g/mol. The summed E-state index contributed by atoms with van der Waals surface area (Å²) in [6.07, 6.45) is -0.319. The molecule has 0 spiro atoms. The fraction of sp³-hybridized carbons (Fsp3) is 0.381. The van der Waals surface area contributed by atoms with Crippen LogP contribution in [-0.2, 0) is 16.4 Å². The smallest absolute Gasteiger partial charge is 0.339 e. The van der Waals surface area contributed by atoms with Gasteiger partial charge in [0.15, 0.2) is 0 Å². The van der Waals surface area contributed by atoms with E-state index in [9.17, 15) is 23.4 Å². The summed E-state index contributed by atoms with van der Waals surface area (Å²) in [6, 6.07) is 14.3. The summed E-state index contributed by atoms with van der Waals surface area (Å²) >= 11 is 0. The lowest BCUT2D eigenvalue weighted by Gasteiger charge is -2.21. The Morgan fingerprint density at radius 2 is 1.90 bits per heavy atom. The van der Waals surface area contributed by atoms with Gasteiger partial charge in [-0.1, -0.05) is 42.5 Å². The monoisotopic (exact) mass is 417 g/mol. The quantitative estimate of drug-likeness (QED) is 0.633. The molecule has 1 saturated carbocycles. The topological polar surface area (TPSA) is 113 Å². The molecule has 2 aliphatic rings. The molecule has 2 aromatic rings. The third kappa shape index (κ3) is 4.01. The second-order valence-electron chi connectivity index (χ2n) is 7.58. The van der Waals surface area contributed by atoms with Crippen LogP contribution in [0.1, 0.15) is 33.8 Å². The maximum Gasteiger partial charge on any atom is 0.339 e. The molecule has 8 heteroatoms. The van der Waals surface area contributed by atoms with Gasteiger partial charge in [0.05, 0.1) is 11.9 Å². The number of rotatable bonds is 7. The fourth-order valence-corrected chi connectivity index (χ4v) is 5.45. The molecule has 4 unspecified atom stereocenters. The summed E-state index contributed by atoms with van der Waals surface area (Å²) in [6.45, 7) is 0.0829. The Morgan fingerprint density at radius 1 is 1.14 bits per heavy atom. The van der Waals surface area contributed by atoms with Crippen LogP contribution in [0.3, 0.4) is 0 Å². The van der Waals surface area contributed by atoms with Crippen LogP contribution < -0.4 is 9.46 Å². The molecule has 1 aliphatic heterocycles. The van der Waals surface area contributed by atoms with Crippen molar-refractivity contribution in [3.8, 4) is 5.75 Å². The minimum absolute atomic E-state index is 0.0375. The molecular weight excluding hydrogens is 394 g/mol. The third-order valence-corrected chi connectivity index (χ3v) is 7.12. The molecule has 1 fully saturated rings. The van der Waals surface area contributed by atoms with Crippen molar-refractivity contribution in [2.75, 3.05) is 12.3 Å². The van der Waals surface area contributed by atoms with Crippen molar-refractivity contribution in [1.29, 1.82) is 0 Å². The predicted octanol–water partition coefficient (Wildman–Crippen LogP) is 1.77. The van der Waals surface area contributed by atoms with Gasteiger partial charge in [-0.3, -0.25) is 0 Å². The zero-order chi connectivity index (χ0) is 20.6. The van der Waals surface area contributed by atoms with Crippen LogP contribution >= 0.6 is 0 Å². The summed E-state index contributed by atoms with van der Waals surface area (Å²) in [7, 11) is -3.51. The van der Waals surface area contributed by atoms with E-state index in [0.29, 0.717) is 18.6 Å². The number of carboxylic acids is 1. The van der Waals surface area contributed by atoms with E-state index in [-0.39, 0.29) is 35.8 Å². The van der Waals surface area contributed by atoms with Gasteiger partial charge in [0.2, 0.25) is 10.0 Å². The van der Waals surface area contributed by atoms with Crippen molar-refractivity contribution in [1.82, 2.24) is 4.72 Å². The molecule has 1 aliphatic carbocycles. The average Bonchev–Trinajstić information content (AvgIpc) is 3.20. The van der Waals surface area contributed by atoms with Crippen molar-refractivity contribution >= 4 is 16.0 Å². The Morgan fingerprint density at radius 3 is 2.62 bits per heavy atom. The molecule has 29 heavy (non-hydrogen) atoms. The molecule has 0 amide bonds. The maximum atomic E-state index is 12.4. The number of aromatic carboxylic acids is 1. The number of aryl methyl sites for hydroxylation is 1. The number of aliphatic hydroxyl groups is 1. The van der Waals surface area contributed by atoms with E-state index in [1.165, 1.54) is 6.07 Å². The second-order valence-corrected chi connectivity index (χ2v) is 9.51. The Hall–Kier alpha value is -2.42. The molecule has 4 rings (SSSR count). The lowest BCUT2D eigenvalue weighted by Crippen LogP contribution is -2.36. The zero-order valence-corrected chi connectivity index (χ0v) is 16.5. The number of benzene rings is 2. The zero-order valence-electron chi connectivity index (χ0n) is 15.7. The van der Waals surface area contributed by atoms with Crippen LogP contribution in [0.2, 0.25) is 0 Å². The number of carboxylic acid groups (broad SMARTS) is 1. The van der Waals surface area contributed by atoms with E-state index in [1.54, 1.807) is 12.1 Å². The van der Waals surface area contributed by atoms with Gasteiger partial charge < -0.3 is 14.9 Å². The lowest BCUT2D eigenvalue weighted by atomic mass is 9.87. The first-order valence-corrected chi connectivity index (χ1v) is 11.2. The molecule has 0 bridgehead atoms. The first kappa shape index (κ1) is 19.9. The molecule has 3 N–H and O–H groups in total. The van der Waals surface area contributed by atoms with Gasteiger partial charge in [0.1, 0.15) is 17.4 Å². The molecule has 0 radical (unpaired) electrons. The molecule has 0 aromatic heterocycles. The molecule has 1 heterocycles. The van der Waals surface area contributed by atoms with Crippen molar-refractivity contribution in [3.05, 3.63) is 65.2 Å². The van der Waals surface area contributed by atoms with E-state index in [2.05, 4.69) is 4.72 Å². The highest BCUT2D eigenvalue weighted by molar-refractivity contribution is 7.89. The Bertz CT molecular complexity index is 1010. The fourth-order valence-electron chi connectivity index (χ4n) is 4.35. The summed E-state index contributed by atoms with van der Waals surface area (Å²) in [5, 5.41) is 19.8. The van der Waals surface area contributed by atoms with E-state index < -0.39 is 22.1 Å². The Balaban J connectivity index is 1.46. The lowest BCUT2D eigenvalue weighted by molar-refractivity contribution is 0.0690. The Kier molecular flexibility index (Phi) is 5.33. The number of ether oxygens (including phenoxy) is 1. The Labute approximate surface area is 169 Å². The van der Waals surface area contributed by atoms with Gasteiger partial charge in [-0.15, -0.1) is 0 Å². The first-order chi connectivity index (χ1) is 13.9. The second kappa shape index (κ2) is 7.78. The normalized spacial score (nSPS) is 25.3. The van der Waals surface area contributed by atoms with Crippen molar-refractivity contribution < 1.29 is 28.2 Å². The number of hydrogen-bond donors (Lipinski definition) is 3. The van der Waals surface area contributed by atoms with Crippen LogP contribution in [-0.4, -0.2) is 49.1 Å². The highest BCUT2D eigenvalue weighted by atomic mass is 32.2. The third-order valence-electron chi connectivity index (χ3n) is 5.78. The van der Waals surface area contributed by atoms with Crippen LogP contribution in [0.4, 0.5) is 0 Å². The van der Waals surface area contributed by atoms with Gasteiger partial charge in [0.25, 0.3) is 0 Å². The van der Waals surface area contributed by atoms with Crippen molar-refractivity contribution in [2.24, 2.45) is 5.92 Å². The van der Waals surface area contributed by atoms with Gasteiger partial charge in [-0.2, -0.15) is 0 Å². The van der Waals surface area contributed by atoms with Crippen molar-refractivity contribution in [2.45, 2.75) is 31.0 Å². The van der Waals surface area contributed by atoms with Crippen LogP contribution in [0.15, 0.2) is 48.5 Å². The summed E-state index contributed by atoms with van der Waals surface area (Å²) in [4.78, 5) is 11.5. The van der Waals surface area contributed by atoms with Crippen LogP contribution in [0.25, 0.3) is 0 Å². The number of sulfonamides is 1. The SMILES string of the molecule is O=C(O)c1cccc2c1OC1CC(O)C(CNS(=O)(=O)CCc3ccccc3)C21. The predicted molar refractivity (Wildman–Crippen MR) is 107 cm³/mol. The molecule has 4 atom stereocenters. The first-order valence-electron chi connectivity index (χ1n) is 9.58. The number of hydrogen-bond acceptors (Lipinski definition) is 5. The number of aliphatic hydroxyl groups excluding tert-OH is 1. The van der Waals surface area contributed by atoms with E-state index in [0.717, 1.165) is 11.1 Å². The highest BCUT2D eigenvalue weighted by Crippen LogP contribution is 2.51. The number of fused-ring (bicyclic) bond motifs is 3. The summed E-state index contributed by atoms with van der Waals surface area (Å²) in [5.41, 5.74) is 1.76. The minimum atomic E-state index is -3.51. The largest absolute Gasteiger partial charge is 0.488 e. The number of nitrogens with one attached hydrogen (secondary N) is 1. The van der Waals surface area contributed by atoms with Crippen LogP contribution in [0, 0.1) is 5.92 Å². The van der Waals surface area contributed by atoms with Gasteiger partial charge in [-0.25, -0.2) is 17.9 Å². The molecule has 7 nitrogen and oxygen atoms in total.